The number of hydrogen-bond acceptors (Lipinski definition) is 3. The van der Waals surface area contributed by atoms with Gasteiger partial charge >= 0.3 is 0 Å². The minimum absolute atomic E-state index is 0.664. The van der Waals surface area contributed by atoms with Gasteiger partial charge in [-0.25, -0.2) is 0 Å². The van der Waals surface area contributed by atoms with E-state index in [1.165, 1.54) is 26.8 Å². The monoisotopic (exact) mass is 421 g/mol. The van der Waals surface area contributed by atoms with Crippen molar-refractivity contribution in [3.63, 3.8) is 0 Å². The van der Waals surface area contributed by atoms with Gasteiger partial charge in [-0.3, -0.25) is 0 Å². The first-order valence-electron chi connectivity index (χ1n) is 9.10. The number of aryl methyl sites for hydroxylation is 3. The van der Waals surface area contributed by atoms with Crippen LogP contribution in [0.3, 0.4) is 0 Å². The Morgan fingerprint density at radius 2 is 1.75 bits per heavy atom. The zero-order chi connectivity index (χ0) is 19.8. The summed E-state index contributed by atoms with van der Waals surface area (Å²) in [5, 5.41) is 5.37. The minimum atomic E-state index is 0.664. The molecule has 1 N–H and O–H groups in total. The van der Waals surface area contributed by atoms with Crippen LogP contribution in [0.25, 0.3) is 10.1 Å². The lowest BCUT2D eigenvalue weighted by atomic mass is 10.0. The fraction of sp³-hybridized carbons (Fsp3) is 0.125. The van der Waals surface area contributed by atoms with Crippen LogP contribution in [0, 0.1) is 20.8 Å². The van der Waals surface area contributed by atoms with Gasteiger partial charge in [-0.1, -0.05) is 59.7 Å². The van der Waals surface area contributed by atoms with Crippen LogP contribution in [-0.4, -0.2) is 4.86 Å². The van der Waals surface area contributed by atoms with E-state index in [1.807, 2.05) is 30.3 Å². The maximum atomic E-state index is 6.63. The number of halogens is 1. The summed E-state index contributed by atoms with van der Waals surface area (Å²) in [6.45, 7) is 6.34. The molecule has 0 unspecified atom stereocenters. The molecule has 1 aromatic heterocycles. The molecule has 1 nitrogen and oxygen atoms in total. The summed E-state index contributed by atoms with van der Waals surface area (Å²) in [4.78, 5) is 1.93. The molecule has 0 aliphatic heterocycles. The van der Waals surface area contributed by atoms with Crippen molar-refractivity contribution in [1.29, 1.82) is 0 Å². The summed E-state index contributed by atoms with van der Waals surface area (Å²) >= 11 is 14.2. The Morgan fingerprint density at radius 3 is 2.50 bits per heavy atom. The molecule has 0 fully saturated rings. The van der Waals surface area contributed by atoms with Gasteiger partial charge in [-0.2, -0.15) is 0 Å². The number of hydrogen-bond donors (Lipinski definition) is 1. The number of thiocarbonyl (C=S) groups is 1. The van der Waals surface area contributed by atoms with Gasteiger partial charge in [-0.15, -0.1) is 11.3 Å². The highest BCUT2D eigenvalue weighted by Crippen LogP contribution is 2.35. The fourth-order valence-electron chi connectivity index (χ4n) is 3.32. The van der Waals surface area contributed by atoms with Crippen LogP contribution in [0.15, 0.2) is 60.7 Å². The number of fused-ring (bicyclic) bond motifs is 1. The molecule has 28 heavy (non-hydrogen) atoms. The Hall–Kier alpha value is -2.20. The highest BCUT2D eigenvalue weighted by atomic mass is 35.5. The Kier molecular flexibility index (Phi) is 5.24. The average molecular weight is 422 g/mol. The number of rotatable bonds is 4. The summed E-state index contributed by atoms with van der Waals surface area (Å²) in [5.74, 6) is 0. The molecule has 1 heterocycles. The maximum Gasteiger partial charge on any atom is 0.0639 e. The maximum absolute atomic E-state index is 6.63. The zero-order valence-corrected chi connectivity index (χ0v) is 18.4. The highest BCUT2D eigenvalue weighted by Gasteiger charge is 2.16. The molecule has 0 aliphatic rings. The van der Waals surface area contributed by atoms with E-state index in [0.717, 1.165) is 26.7 Å². The standard InChI is InChI=1S/C24H20ClNS2/c1-14-8-11-22-19(12-14)16(3)24(28-22)23(27)18-10-9-17(13-20(18)25)26-21-7-5-4-6-15(21)2/h4-13,26H,1-3H3. The van der Waals surface area contributed by atoms with E-state index in [1.54, 1.807) is 11.3 Å². The largest absolute Gasteiger partial charge is 0.355 e. The number of benzene rings is 3. The molecule has 0 saturated carbocycles. The molecule has 0 bridgehead atoms. The van der Waals surface area contributed by atoms with Crippen LogP contribution in [0.1, 0.15) is 27.1 Å². The lowest BCUT2D eigenvalue weighted by Gasteiger charge is -2.12. The van der Waals surface area contributed by atoms with Crippen LogP contribution in [0.4, 0.5) is 11.4 Å². The van der Waals surface area contributed by atoms with Crippen molar-refractivity contribution in [3.8, 4) is 0 Å². The molecule has 4 heteroatoms. The van der Waals surface area contributed by atoms with Crippen LogP contribution < -0.4 is 5.32 Å². The second-order valence-corrected chi connectivity index (χ2v) is 8.89. The van der Waals surface area contributed by atoms with Crippen LogP contribution in [0.5, 0.6) is 0 Å². The van der Waals surface area contributed by atoms with Crippen molar-refractivity contribution in [1.82, 2.24) is 0 Å². The van der Waals surface area contributed by atoms with Crippen molar-refractivity contribution < 1.29 is 0 Å². The van der Waals surface area contributed by atoms with Gasteiger partial charge in [0.25, 0.3) is 0 Å². The third-order valence-corrected chi connectivity index (χ3v) is 7.09. The summed E-state index contributed by atoms with van der Waals surface area (Å²) < 4.78 is 1.26. The van der Waals surface area contributed by atoms with E-state index in [4.69, 9.17) is 23.8 Å². The summed E-state index contributed by atoms with van der Waals surface area (Å²) in [7, 11) is 0. The quantitative estimate of drug-likeness (QED) is 0.264. The molecule has 4 rings (SSSR count). The van der Waals surface area contributed by atoms with Crippen LogP contribution in [-0.2, 0) is 0 Å². The van der Waals surface area contributed by atoms with Gasteiger partial charge in [0.1, 0.15) is 0 Å². The smallest absolute Gasteiger partial charge is 0.0639 e. The zero-order valence-electron chi connectivity index (χ0n) is 16.0. The average Bonchev–Trinajstić information content (AvgIpc) is 2.99. The molecule has 4 aromatic rings. The minimum Gasteiger partial charge on any atom is -0.355 e. The predicted octanol–water partition coefficient (Wildman–Crippen LogP) is 7.99. The fourth-order valence-corrected chi connectivity index (χ4v) is 5.25. The third-order valence-electron chi connectivity index (χ3n) is 4.94. The van der Waals surface area contributed by atoms with Crippen molar-refractivity contribution in [2.75, 3.05) is 5.32 Å². The van der Waals surface area contributed by atoms with Gasteiger partial charge in [-0.05, 0) is 67.6 Å². The van der Waals surface area contributed by atoms with Crippen LogP contribution >= 0.6 is 35.2 Å². The molecule has 0 saturated heterocycles. The summed E-state index contributed by atoms with van der Waals surface area (Å²) in [5.41, 5.74) is 6.61. The molecule has 140 valence electrons. The van der Waals surface area contributed by atoms with E-state index in [2.05, 4.69) is 56.4 Å². The number of anilines is 2. The van der Waals surface area contributed by atoms with Crippen molar-refractivity contribution >= 4 is 61.5 Å². The third kappa shape index (κ3) is 3.58. The molecule has 3 aromatic carbocycles. The molecular weight excluding hydrogens is 402 g/mol. The van der Waals surface area contributed by atoms with E-state index < -0.39 is 0 Å². The van der Waals surface area contributed by atoms with Crippen molar-refractivity contribution in [2.45, 2.75) is 20.8 Å². The molecule has 0 spiro atoms. The lowest BCUT2D eigenvalue weighted by Crippen LogP contribution is -2.01. The SMILES string of the molecule is Cc1ccc2sc(C(=S)c3ccc(Nc4ccccc4C)cc3Cl)c(C)c2c1. The molecule has 0 atom stereocenters. The molecular formula is C24H20ClNS2. The Balaban J connectivity index is 1.67. The topological polar surface area (TPSA) is 12.0 Å². The highest BCUT2D eigenvalue weighted by molar-refractivity contribution is 7.81. The first-order valence-corrected chi connectivity index (χ1v) is 10.7. The van der Waals surface area contributed by atoms with Gasteiger partial charge in [0.2, 0.25) is 0 Å². The van der Waals surface area contributed by atoms with E-state index in [0.29, 0.717) is 5.02 Å². The predicted molar refractivity (Wildman–Crippen MR) is 128 cm³/mol. The molecule has 0 radical (unpaired) electrons. The first kappa shape index (κ1) is 19.1. The normalized spacial score (nSPS) is 11.0. The Bertz CT molecular complexity index is 1210. The van der Waals surface area contributed by atoms with Gasteiger partial charge in [0, 0.05) is 26.5 Å². The Labute approximate surface area is 180 Å². The second kappa shape index (κ2) is 7.67. The molecule has 0 aliphatic carbocycles. The Morgan fingerprint density at radius 1 is 0.964 bits per heavy atom. The number of thiophene rings is 1. The first-order chi connectivity index (χ1) is 13.4. The number of nitrogens with one attached hydrogen (secondary N) is 1. The van der Waals surface area contributed by atoms with E-state index in [9.17, 15) is 0 Å². The lowest BCUT2D eigenvalue weighted by molar-refractivity contribution is 1.43. The van der Waals surface area contributed by atoms with Crippen LogP contribution in [0.2, 0.25) is 5.02 Å². The summed E-state index contributed by atoms with van der Waals surface area (Å²) in [6, 6.07) is 20.7. The van der Waals surface area contributed by atoms with E-state index >= 15 is 0 Å². The second-order valence-electron chi connectivity index (χ2n) is 7.02. The molecule has 0 amide bonds. The van der Waals surface area contributed by atoms with E-state index in [-0.39, 0.29) is 0 Å². The van der Waals surface area contributed by atoms with Gasteiger partial charge in [0.15, 0.2) is 0 Å². The number of para-hydroxylation sites is 1. The van der Waals surface area contributed by atoms with Gasteiger partial charge in [0.05, 0.1) is 9.89 Å². The summed E-state index contributed by atoms with van der Waals surface area (Å²) in [6.07, 6.45) is 0. The van der Waals surface area contributed by atoms with Crippen molar-refractivity contribution in [2.24, 2.45) is 0 Å². The van der Waals surface area contributed by atoms with Gasteiger partial charge < -0.3 is 5.32 Å². The van der Waals surface area contributed by atoms with Crippen molar-refractivity contribution in [3.05, 3.63) is 92.8 Å².